The number of para-hydroxylation sites is 1. The predicted octanol–water partition coefficient (Wildman–Crippen LogP) is 3.61. The van der Waals surface area contributed by atoms with Gasteiger partial charge in [-0.05, 0) is 36.2 Å². The molecule has 0 bridgehead atoms. The van der Waals surface area contributed by atoms with Crippen LogP contribution in [0, 0.1) is 5.92 Å². The lowest BCUT2D eigenvalue weighted by atomic mass is 10.2. The molecule has 0 spiro atoms. The Morgan fingerprint density at radius 3 is 2.67 bits per heavy atom. The largest absolute Gasteiger partial charge is 0.338 e. The molecular formula is C21H21ClN4O3S. The third kappa shape index (κ3) is 5.40. The Labute approximate surface area is 182 Å². The predicted molar refractivity (Wildman–Crippen MR) is 119 cm³/mol. The van der Waals surface area contributed by atoms with Crippen molar-refractivity contribution in [3.05, 3.63) is 63.9 Å². The number of fused-ring (bicyclic) bond motifs is 1. The Morgan fingerprint density at radius 1 is 1.17 bits per heavy atom. The summed E-state index contributed by atoms with van der Waals surface area (Å²) in [6.45, 7) is 4.38. The molecule has 0 aliphatic heterocycles. The van der Waals surface area contributed by atoms with Crippen LogP contribution in [-0.4, -0.2) is 33.8 Å². The number of imide groups is 1. The molecule has 1 aromatic heterocycles. The lowest BCUT2D eigenvalue weighted by Gasteiger charge is -2.13. The number of thioether (sulfide) groups is 1. The zero-order valence-electron chi connectivity index (χ0n) is 16.5. The van der Waals surface area contributed by atoms with Crippen LogP contribution in [0.25, 0.3) is 16.6 Å². The highest BCUT2D eigenvalue weighted by molar-refractivity contribution is 7.99. The van der Waals surface area contributed by atoms with Crippen molar-refractivity contribution in [2.24, 2.45) is 5.92 Å². The molecule has 9 heteroatoms. The van der Waals surface area contributed by atoms with Crippen molar-refractivity contribution < 1.29 is 9.59 Å². The molecule has 7 nitrogen and oxygen atoms in total. The number of nitrogens with zero attached hydrogens (tertiary/aromatic N) is 2. The first-order valence-corrected chi connectivity index (χ1v) is 10.7. The van der Waals surface area contributed by atoms with Crippen molar-refractivity contribution in [3.63, 3.8) is 0 Å². The summed E-state index contributed by atoms with van der Waals surface area (Å²) in [6.07, 6.45) is 0. The maximum Gasteiger partial charge on any atom is 0.321 e. The highest BCUT2D eigenvalue weighted by Gasteiger charge is 2.16. The quantitative estimate of drug-likeness (QED) is 0.447. The van der Waals surface area contributed by atoms with E-state index in [2.05, 4.69) is 15.6 Å². The normalized spacial score (nSPS) is 10.9. The number of aromatic nitrogens is 2. The number of carbonyl (C=O) groups excluding carboxylic acids is 2. The van der Waals surface area contributed by atoms with Crippen molar-refractivity contribution in [1.82, 2.24) is 20.2 Å². The molecule has 156 valence electrons. The molecule has 1 heterocycles. The first-order chi connectivity index (χ1) is 14.3. The van der Waals surface area contributed by atoms with Gasteiger partial charge in [-0.1, -0.05) is 55.4 Å². The van der Waals surface area contributed by atoms with Gasteiger partial charge in [0, 0.05) is 11.6 Å². The van der Waals surface area contributed by atoms with E-state index < -0.39 is 11.9 Å². The van der Waals surface area contributed by atoms with Crippen LogP contribution in [0.5, 0.6) is 0 Å². The number of rotatable bonds is 6. The zero-order valence-corrected chi connectivity index (χ0v) is 18.1. The Kier molecular flexibility index (Phi) is 7.12. The van der Waals surface area contributed by atoms with Crippen molar-refractivity contribution in [3.8, 4) is 5.69 Å². The fourth-order valence-corrected chi connectivity index (χ4v) is 3.68. The van der Waals surface area contributed by atoms with E-state index in [1.807, 2.05) is 13.8 Å². The number of nitrogens with one attached hydrogen (secondary N) is 2. The molecule has 0 saturated carbocycles. The van der Waals surface area contributed by atoms with E-state index in [1.54, 1.807) is 48.5 Å². The van der Waals surface area contributed by atoms with Crippen LogP contribution >= 0.6 is 23.4 Å². The highest BCUT2D eigenvalue weighted by atomic mass is 35.5. The molecular weight excluding hydrogens is 424 g/mol. The molecule has 0 atom stereocenters. The maximum atomic E-state index is 13.1. The van der Waals surface area contributed by atoms with Crippen LogP contribution in [0.3, 0.4) is 0 Å². The van der Waals surface area contributed by atoms with E-state index in [9.17, 15) is 14.4 Å². The van der Waals surface area contributed by atoms with Crippen molar-refractivity contribution in [2.75, 3.05) is 12.3 Å². The summed E-state index contributed by atoms with van der Waals surface area (Å²) in [5.74, 6) is -0.295. The van der Waals surface area contributed by atoms with Crippen LogP contribution in [-0.2, 0) is 4.79 Å². The summed E-state index contributed by atoms with van der Waals surface area (Å²) in [5, 5.41) is 6.17. The van der Waals surface area contributed by atoms with Crippen molar-refractivity contribution >= 4 is 46.2 Å². The Balaban J connectivity index is 1.87. The molecule has 2 aromatic carbocycles. The monoisotopic (exact) mass is 444 g/mol. The van der Waals surface area contributed by atoms with Crippen molar-refractivity contribution in [1.29, 1.82) is 0 Å². The van der Waals surface area contributed by atoms with Gasteiger partial charge in [-0.2, -0.15) is 0 Å². The molecule has 0 unspecified atom stereocenters. The third-order valence-electron chi connectivity index (χ3n) is 4.07. The zero-order chi connectivity index (χ0) is 21.7. The number of hydrogen-bond donors (Lipinski definition) is 2. The number of urea groups is 1. The molecule has 0 radical (unpaired) electrons. The molecule has 3 amide bonds. The van der Waals surface area contributed by atoms with Gasteiger partial charge in [0.2, 0.25) is 5.91 Å². The smallest absolute Gasteiger partial charge is 0.321 e. The second kappa shape index (κ2) is 9.77. The second-order valence-corrected chi connectivity index (χ2v) is 8.35. The minimum absolute atomic E-state index is 0.0829. The van der Waals surface area contributed by atoms with E-state index in [0.29, 0.717) is 33.3 Å². The minimum atomic E-state index is -0.548. The van der Waals surface area contributed by atoms with E-state index in [-0.39, 0.29) is 17.2 Å². The Morgan fingerprint density at radius 2 is 1.93 bits per heavy atom. The first-order valence-electron chi connectivity index (χ1n) is 9.33. The topological polar surface area (TPSA) is 93.1 Å². The summed E-state index contributed by atoms with van der Waals surface area (Å²) < 4.78 is 1.42. The molecule has 0 saturated heterocycles. The van der Waals surface area contributed by atoms with Gasteiger partial charge in [0.05, 0.1) is 22.3 Å². The molecule has 0 aliphatic rings. The van der Waals surface area contributed by atoms with Crippen LogP contribution in [0.4, 0.5) is 4.79 Å². The van der Waals surface area contributed by atoms with Gasteiger partial charge in [0.1, 0.15) is 0 Å². The lowest BCUT2D eigenvalue weighted by Crippen LogP contribution is -2.41. The average Bonchev–Trinajstić information content (AvgIpc) is 2.71. The van der Waals surface area contributed by atoms with Gasteiger partial charge in [-0.25, -0.2) is 9.78 Å². The molecule has 2 N–H and O–H groups in total. The van der Waals surface area contributed by atoms with Crippen LogP contribution in [0.2, 0.25) is 5.02 Å². The first kappa shape index (κ1) is 21.9. The van der Waals surface area contributed by atoms with Crippen molar-refractivity contribution in [2.45, 2.75) is 19.0 Å². The standard InChI is InChI=1S/C21H21ClN4O3S/c1-13(2)11-23-20(29)25-18(27)12-30-21-24-17-9-4-3-8-16(17)19(28)26(21)15-7-5-6-14(22)10-15/h3-10,13H,11-12H2,1-2H3,(H2,23,25,27,29). The summed E-state index contributed by atoms with van der Waals surface area (Å²) in [5.41, 5.74) is 0.808. The van der Waals surface area contributed by atoms with E-state index in [4.69, 9.17) is 11.6 Å². The Hall–Kier alpha value is -2.84. The summed E-state index contributed by atoms with van der Waals surface area (Å²) in [4.78, 5) is 41.7. The highest BCUT2D eigenvalue weighted by Crippen LogP contribution is 2.22. The fraction of sp³-hybridized carbons (Fsp3) is 0.238. The third-order valence-corrected chi connectivity index (χ3v) is 5.24. The summed E-state index contributed by atoms with van der Waals surface area (Å²) in [6, 6.07) is 13.3. The molecule has 3 aromatic rings. The minimum Gasteiger partial charge on any atom is -0.338 e. The van der Waals surface area contributed by atoms with Crippen LogP contribution < -0.4 is 16.2 Å². The molecule has 30 heavy (non-hydrogen) atoms. The van der Waals surface area contributed by atoms with Gasteiger partial charge in [-0.15, -0.1) is 0 Å². The van der Waals surface area contributed by atoms with Crippen LogP contribution in [0.1, 0.15) is 13.8 Å². The van der Waals surface area contributed by atoms with Gasteiger partial charge < -0.3 is 5.32 Å². The maximum absolute atomic E-state index is 13.1. The number of hydrogen-bond acceptors (Lipinski definition) is 5. The number of amides is 3. The van der Waals surface area contributed by atoms with E-state index in [0.717, 1.165) is 11.8 Å². The Bertz CT molecular complexity index is 1150. The van der Waals surface area contributed by atoms with Gasteiger partial charge in [0.15, 0.2) is 5.16 Å². The summed E-state index contributed by atoms with van der Waals surface area (Å²) in [7, 11) is 0. The lowest BCUT2D eigenvalue weighted by molar-refractivity contribution is -0.117. The molecule has 3 rings (SSSR count). The van der Waals surface area contributed by atoms with Gasteiger partial charge in [0.25, 0.3) is 5.56 Å². The number of carbonyl (C=O) groups is 2. The summed E-state index contributed by atoms with van der Waals surface area (Å²) >= 11 is 7.17. The average molecular weight is 445 g/mol. The van der Waals surface area contributed by atoms with Gasteiger partial charge in [-0.3, -0.25) is 19.5 Å². The fourth-order valence-electron chi connectivity index (χ4n) is 2.69. The van der Waals surface area contributed by atoms with Gasteiger partial charge >= 0.3 is 6.03 Å². The van der Waals surface area contributed by atoms with Crippen LogP contribution in [0.15, 0.2) is 58.5 Å². The number of benzene rings is 2. The van der Waals surface area contributed by atoms with E-state index >= 15 is 0 Å². The van der Waals surface area contributed by atoms with E-state index in [1.165, 1.54) is 4.57 Å². The SMILES string of the molecule is CC(C)CNC(=O)NC(=O)CSc1nc2ccccc2c(=O)n1-c1cccc(Cl)c1. The molecule has 0 aliphatic carbocycles. The second-order valence-electron chi connectivity index (χ2n) is 6.97. The molecule has 0 fully saturated rings. The number of halogens is 1.